The molecule has 0 aromatic carbocycles. The molecule has 1 aliphatic heterocycles. The van der Waals surface area contributed by atoms with Gasteiger partial charge in [0.1, 0.15) is 0 Å². The van der Waals surface area contributed by atoms with E-state index in [0.717, 1.165) is 13.2 Å². The van der Waals surface area contributed by atoms with Crippen LogP contribution in [-0.2, 0) is 9.47 Å². The van der Waals surface area contributed by atoms with Crippen LogP contribution in [0.1, 0.15) is 12.8 Å². The summed E-state index contributed by atoms with van der Waals surface area (Å²) in [6.07, 6.45) is 2.99. The Bertz CT molecular complexity index is 110. The predicted octanol–water partition coefficient (Wildman–Crippen LogP) is 0.812. The van der Waals surface area contributed by atoms with Gasteiger partial charge in [-0.2, -0.15) is 0 Å². The molecule has 1 saturated heterocycles. The Labute approximate surface area is 55.1 Å². The molecule has 0 atom stereocenters. The van der Waals surface area contributed by atoms with E-state index in [2.05, 4.69) is 0 Å². The number of ether oxygens (including phenoxy) is 2. The van der Waals surface area contributed by atoms with Crippen molar-refractivity contribution < 1.29 is 9.47 Å². The minimum absolute atomic E-state index is 0.536. The highest BCUT2D eigenvalue weighted by Crippen LogP contribution is 2.47. The summed E-state index contributed by atoms with van der Waals surface area (Å²) in [5.74, 6) is 0. The second-order valence-electron chi connectivity index (χ2n) is 3.26. The van der Waals surface area contributed by atoms with Gasteiger partial charge < -0.3 is 9.47 Å². The third kappa shape index (κ3) is 0.700. The molecule has 1 spiro atoms. The molecule has 0 unspecified atom stereocenters. The van der Waals surface area contributed by atoms with E-state index >= 15 is 0 Å². The first-order valence-electron chi connectivity index (χ1n) is 3.45. The van der Waals surface area contributed by atoms with Crippen LogP contribution in [0.4, 0.5) is 0 Å². The first-order chi connectivity index (χ1) is 4.35. The summed E-state index contributed by atoms with van der Waals surface area (Å²) in [4.78, 5) is 0. The van der Waals surface area contributed by atoms with E-state index < -0.39 is 0 Å². The van der Waals surface area contributed by atoms with Crippen LogP contribution in [0, 0.1) is 5.41 Å². The number of methoxy groups -OCH3 is 1. The molecule has 1 saturated carbocycles. The largest absolute Gasteiger partial charge is 0.381 e. The van der Waals surface area contributed by atoms with Crippen LogP contribution >= 0.6 is 0 Å². The summed E-state index contributed by atoms with van der Waals surface area (Å²) in [7, 11) is 1.79. The molecule has 2 fully saturated rings. The Kier molecular flexibility index (Phi) is 1.08. The Morgan fingerprint density at radius 3 is 2.44 bits per heavy atom. The Hall–Kier alpha value is -0.0800. The van der Waals surface area contributed by atoms with E-state index in [9.17, 15) is 0 Å². The molecule has 2 heteroatoms. The first-order valence-corrected chi connectivity index (χ1v) is 3.45. The van der Waals surface area contributed by atoms with Crippen LogP contribution in [-0.4, -0.2) is 26.4 Å². The van der Waals surface area contributed by atoms with Gasteiger partial charge in [0.2, 0.25) is 0 Å². The van der Waals surface area contributed by atoms with E-state index in [1.807, 2.05) is 0 Å². The maximum atomic E-state index is 5.16. The van der Waals surface area contributed by atoms with Crippen molar-refractivity contribution in [2.45, 2.75) is 18.9 Å². The average molecular weight is 128 g/mol. The highest BCUT2D eigenvalue weighted by molar-refractivity contribution is 4.98. The van der Waals surface area contributed by atoms with Crippen molar-refractivity contribution in [1.82, 2.24) is 0 Å². The van der Waals surface area contributed by atoms with Gasteiger partial charge >= 0.3 is 0 Å². The van der Waals surface area contributed by atoms with Crippen molar-refractivity contribution >= 4 is 0 Å². The smallest absolute Gasteiger partial charge is 0.0585 e. The van der Waals surface area contributed by atoms with Crippen molar-refractivity contribution in [2.24, 2.45) is 5.41 Å². The maximum absolute atomic E-state index is 5.16. The molecule has 2 aliphatic rings. The number of hydrogen-bond acceptors (Lipinski definition) is 2. The van der Waals surface area contributed by atoms with Gasteiger partial charge in [-0.15, -0.1) is 0 Å². The molecular formula is C7H12O2. The maximum Gasteiger partial charge on any atom is 0.0585 e. The molecule has 0 aromatic heterocycles. The molecule has 1 aliphatic carbocycles. The van der Waals surface area contributed by atoms with Gasteiger partial charge in [-0.05, 0) is 12.8 Å². The second kappa shape index (κ2) is 1.70. The lowest BCUT2D eigenvalue weighted by molar-refractivity contribution is -0.203. The van der Waals surface area contributed by atoms with Crippen molar-refractivity contribution in [3.05, 3.63) is 0 Å². The highest BCUT2D eigenvalue weighted by atomic mass is 16.5. The minimum Gasteiger partial charge on any atom is -0.381 e. The molecule has 0 radical (unpaired) electrons. The summed E-state index contributed by atoms with van der Waals surface area (Å²) < 4.78 is 10.3. The highest BCUT2D eigenvalue weighted by Gasteiger charge is 2.49. The van der Waals surface area contributed by atoms with Gasteiger partial charge in [0.15, 0.2) is 0 Å². The standard InChI is InChI=1S/C7H12O2/c1-8-6-2-7(3-6)4-9-5-7/h6H,2-5H2,1H3. The van der Waals surface area contributed by atoms with Crippen molar-refractivity contribution in [2.75, 3.05) is 20.3 Å². The Balaban J connectivity index is 1.82. The van der Waals surface area contributed by atoms with Crippen LogP contribution in [0.15, 0.2) is 0 Å². The summed E-state index contributed by atoms with van der Waals surface area (Å²) >= 11 is 0. The van der Waals surface area contributed by atoms with Crippen LogP contribution < -0.4 is 0 Å². The van der Waals surface area contributed by atoms with Crippen molar-refractivity contribution in [1.29, 1.82) is 0 Å². The quantitative estimate of drug-likeness (QED) is 0.520. The van der Waals surface area contributed by atoms with E-state index in [1.165, 1.54) is 12.8 Å². The average Bonchev–Trinajstić information content (AvgIpc) is 1.59. The van der Waals surface area contributed by atoms with Crippen molar-refractivity contribution in [3.63, 3.8) is 0 Å². The van der Waals surface area contributed by atoms with Crippen LogP contribution in [0.2, 0.25) is 0 Å². The zero-order valence-electron chi connectivity index (χ0n) is 5.72. The summed E-state index contributed by atoms with van der Waals surface area (Å²) in [5.41, 5.74) is 0.570. The molecule has 0 N–H and O–H groups in total. The van der Waals surface area contributed by atoms with E-state index in [1.54, 1.807) is 7.11 Å². The molecule has 1 heterocycles. The van der Waals surface area contributed by atoms with Crippen LogP contribution in [0.25, 0.3) is 0 Å². The lowest BCUT2D eigenvalue weighted by Gasteiger charge is -2.52. The van der Waals surface area contributed by atoms with Gasteiger partial charge in [0.05, 0.1) is 19.3 Å². The van der Waals surface area contributed by atoms with Gasteiger partial charge in [-0.25, -0.2) is 0 Å². The zero-order chi connectivity index (χ0) is 6.32. The fraction of sp³-hybridized carbons (Fsp3) is 1.00. The third-order valence-corrected chi connectivity index (χ3v) is 2.47. The van der Waals surface area contributed by atoms with Gasteiger partial charge in [-0.1, -0.05) is 0 Å². The number of rotatable bonds is 1. The molecule has 0 bridgehead atoms. The Morgan fingerprint density at radius 1 is 1.44 bits per heavy atom. The SMILES string of the molecule is COC1CC2(COC2)C1. The molecule has 52 valence electrons. The fourth-order valence-corrected chi connectivity index (χ4v) is 1.70. The minimum atomic E-state index is 0.536. The molecular weight excluding hydrogens is 116 g/mol. The summed E-state index contributed by atoms with van der Waals surface area (Å²) in [6.45, 7) is 1.96. The molecule has 9 heavy (non-hydrogen) atoms. The lowest BCUT2D eigenvalue weighted by Crippen LogP contribution is -2.54. The van der Waals surface area contributed by atoms with E-state index in [0.29, 0.717) is 11.5 Å². The van der Waals surface area contributed by atoms with E-state index in [-0.39, 0.29) is 0 Å². The van der Waals surface area contributed by atoms with Gasteiger partial charge in [0, 0.05) is 12.5 Å². The molecule has 2 nitrogen and oxygen atoms in total. The molecule has 0 aromatic rings. The van der Waals surface area contributed by atoms with Gasteiger partial charge in [0.25, 0.3) is 0 Å². The predicted molar refractivity (Wildman–Crippen MR) is 33.3 cm³/mol. The summed E-state index contributed by atoms with van der Waals surface area (Å²) in [5, 5.41) is 0. The van der Waals surface area contributed by atoms with Gasteiger partial charge in [-0.3, -0.25) is 0 Å². The second-order valence-corrected chi connectivity index (χ2v) is 3.26. The van der Waals surface area contributed by atoms with Crippen LogP contribution in [0.3, 0.4) is 0 Å². The monoisotopic (exact) mass is 128 g/mol. The van der Waals surface area contributed by atoms with Crippen LogP contribution in [0.5, 0.6) is 0 Å². The normalized spacial score (nSPS) is 31.7. The molecule has 0 amide bonds. The zero-order valence-corrected chi connectivity index (χ0v) is 5.72. The van der Waals surface area contributed by atoms with Crippen molar-refractivity contribution in [3.8, 4) is 0 Å². The summed E-state index contributed by atoms with van der Waals surface area (Å²) in [6, 6.07) is 0. The topological polar surface area (TPSA) is 18.5 Å². The Morgan fingerprint density at radius 2 is 2.11 bits per heavy atom. The van der Waals surface area contributed by atoms with E-state index in [4.69, 9.17) is 9.47 Å². The molecule has 2 rings (SSSR count). The fourth-order valence-electron chi connectivity index (χ4n) is 1.70. The first kappa shape index (κ1) is 5.69. The number of hydrogen-bond donors (Lipinski definition) is 0. The lowest BCUT2D eigenvalue weighted by atomic mass is 9.65. The third-order valence-electron chi connectivity index (χ3n) is 2.47.